The number of rotatable bonds is 4. The minimum Gasteiger partial charge on any atom is -0.390 e. The van der Waals surface area contributed by atoms with Crippen molar-refractivity contribution < 1.29 is 9.84 Å². The highest BCUT2D eigenvalue weighted by atomic mass is 16.5. The van der Waals surface area contributed by atoms with Gasteiger partial charge in [0.2, 0.25) is 0 Å². The van der Waals surface area contributed by atoms with E-state index in [1.54, 1.807) is 0 Å². The molecule has 2 aromatic rings. The molecule has 4 rings (SSSR count). The first kappa shape index (κ1) is 19.5. The van der Waals surface area contributed by atoms with Crippen LogP contribution in [0.1, 0.15) is 38.3 Å². The minimum absolute atomic E-state index is 0.366. The van der Waals surface area contributed by atoms with E-state index in [1.165, 1.54) is 0 Å². The van der Waals surface area contributed by atoms with Crippen LogP contribution >= 0.6 is 0 Å². The molecule has 0 atom stereocenters. The van der Waals surface area contributed by atoms with E-state index >= 15 is 0 Å². The molecule has 0 spiro atoms. The molecule has 8 heteroatoms. The monoisotopic (exact) mass is 388 g/mol. The van der Waals surface area contributed by atoms with E-state index in [-0.39, 0.29) is 0 Å². The predicted octanol–water partition coefficient (Wildman–Crippen LogP) is 1.49. The average Bonchev–Trinajstić information content (AvgIpc) is 2.97. The van der Waals surface area contributed by atoms with Gasteiger partial charge >= 0.3 is 0 Å². The summed E-state index contributed by atoms with van der Waals surface area (Å²) in [5, 5.41) is 10.3. The Morgan fingerprint density at radius 1 is 1.07 bits per heavy atom. The molecule has 0 bridgehead atoms. The summed E-state index contributed by atoms with van der Waals surface area (Å²) in [6, 6.07) is 0. The molecule has 0 radical (unpaired) electrons. The molecule has 2 aromatic heterocycles. The average molecular weight is 389 g/mol. The Bertz CT molecular complexity index is 829. The second-order valence-corrected chi connectivity index (χ2v) is 8.66. The molecule has 0 saturated carbocycles. The molecule has 0 unspecified atom stereocenters. The normalized spacial score (nSPS) is 20.2. The van der Waals surface area contributed by atoms with Crippen molar-refractivity contribution in [3.63, 3.8) is 0 Å². The molecular weight excluding hydrogens is 356 g/mol. The van der Waals surface area contributed by atoms with E-state index in [9.17, 15) is 5.11 Å². The Morgan fingerprint density at radius 3 is 2.39 bits per heavy atom. The van der Waals surface area contributed by atoms with E-state index in [1.807, 2.05) is 27.8 Å². The van der Waals surface area contributed by atoms with Crippen LogP contribution in [-0.4, -0.2) is 74.5 Å². The van der Waals surface area contributed by atoms with Gasteiger partial charge in [0, 0.05) is 20.1 Å². The van der Waals surface area contributed by atoms with Crippen molar-refractivity contribution in [3.05, 3.63) is 11.6 Å². The van der Waals surface area contributed by atoms with Gasteiger partial charge in [0.25, 0.3) is 0 Å². The molecule has 28 heavy (non-hydrogen) atoms. The number of piperidine rings is 1. The first-order chi connectivity index (χ1) is 13.3. The van der Waals surface area contributed by atoms with Crippen LogP contribution in [0.25, 0.3) is 11.2 Å². The fraction of sp³-hybridized carbons (Fsp3) is 0.750. The summed E-state index contributed by atoms with van der Waals surface area (Å²) >= 11 is 0. The quantitative estimate of drug-likeness (QED) is 0.850. The molecule has 0 aliphatic carbocycles. The molecule has 154 valence electrons. The Kier molecular flexibility index (Phi) is 5.28. The third-order valence-corrected chi connectivity index (χ3v) is 6.17. The lowest BCUT2D eigenvalue weighted by Crippen LogP contribution is -2.41. The lowest BCUT2D eigenvalue weighted by molar-refractivity contribution is -0.0139. The number of likely N-dealkylation sites (tertiary alicyclic amines) is 1. The summed E-state index contributed by atoms with van der Waals surface area (Å²) < 4.78 is 7.60. The molecule has 0 aromatic carbocycles. The summed E-state index contributed by atoms with van der Waals surface area (Å²) in [7, 11) is 2.05. The number of anilines is 1. The van der Waals surface area contributed by atoms with Gasteiger partial charge in [-0.1, -0.05) is 0 Å². The molecular formula is C20H32N6O2. The van der Waals surface area contributed by atoms with Crippen molar-refractivity contribution >= 4 is 17.0 Å². The number of aryl methyl sites for hydroxylation is 2. The zero-order valence-corrected chi connectivity index (χ0v) is 17.5. The third kappa shape index (κ3) is 3.86. The maximum atomic E-state index is 10.3. The van der Waals surface area contributed by atoms with Crippen molar-refractivity contribution in [1.82, 2.24) is 24.4 Å². The van der Waals surface area contributed by atoms with Gasteiger partial charge in [-0.05, 0) is 52.6 Å². The lowest BCUT2D eigenvalue weighted by atomic mass is 9.83. The number of nitrogens with zero attached hydrogens (tertiary/aromatic N) is 6. The number of aliphatic hydroxyl groups is 1. The van der Waals surface area contributed by atoms with E-state index in [4.69, 9.17) is 14.7 Å². The zero-order chi connectivity index (χ0) is 19.9. The number of morpholine rings is 1. The van der Waals surface area contributed by atoms with Gasteiger partial charge in [-0.2, -0.15) is 0 Å². The second-order valence-electron chi connectivity index (χ2n) is 8.66. The Balaban J connectivity index is 1.56. The number of hydrogen-bond donors (Lipinski definition) is 1. The molecule has 2 aliphatic rings. The summed E-state index contributed by atoms with van der Waals surface area (Å²) in [5.41, 5.74) is 1.19. The minimum atomic E-state index is -0.593. The number of ether oxygens (including phenoxy) is 1. The third-order valence-electron chi connectivity index (χ3n) is 6.17. The number of fused-ring (bicyclic) bond motifs is 1. The fourth-order valence-electron chi connectivity index (χ4n) is 4.33. The Morgan fingerprint density at radius 2 is 1.75 bits per heavy atom. The van der Waals surface area contributed by atoms with Crippen LogP contribution in [-0.2, 0) is 18.3 Å². The molecule has 2 aliphatic heterocycles. The fourth-order valence-corrected chi connectivity index (χ4v) is 4.33. The molecule has 2 saturated heterocycles. The molecule has 8 nitrogen and oxygen atoms in total. The van der Waals surface area contributed by atoms with Crippen molar-refractivity contribution in [2.75, 3.05) is 44.3 Å². The van der Waals surface area contributed by atoms with Crippen LogP contribution < -0.4 is 4.90 Å². The SMILES string of the molecule is Cc1nc(N2CCOCC2)c2nc(CN3CCC(C(C)(C)O)CC3)n(C)c2n1. The highest BCUT2D eigenvalue weighted by Crippen LogP contribution is 2.29. The van der Waals surface area contributed by atoms with Gasteiger partial charge in [-0.3, -0.25) is 4.90 Å². The van der Waals surface area contributed by atoms with Crippen LogP contribution in [0, 0.1) is 12.8 Å². The summed E-state index contributed by atoms with van der Waals surface area (Å²) in [6.07, 6.45) is 2.04. The first-order valence-corrected chi connectivity index (χ1v) is 10.3. The lowest BCUT2D eigenvalue weighted by Gasteiger charge is -2.37. The maximum absolute atomic E-state index is 10.3. The van der Waals surface area contributed by atoms with Crippen LogP contribution in [0.4, 0.5) is 5.82 Å². The highest BCUT2D eigenvalue weighted by molar-refractivity contribution is 5.84. The van der Waals surface area contributed by atoms with Crippen molar-refractivity contribution in [2.45, 2.75) is 45.8 Å². The zero-order valence-electron chi connectivity index (χ0n) is 17.5. The van der Waals surface area contributed by atoms with E-state index < -0.39 is 5.60 Å². The highest BCUT2D eigenvalue weighted by Gasteiger charge is 2.31. The van der Waals surface area contributed by atoms with E-state index in [2.05, 4.69) is 19.4 Å². The Hall–Kier alpha value is -1.77. The van der Waals surface area contributed by atoms with Crippen LogP contribution in [0.15, 0.2) is 0 Å². The smallest absolute Gasteiger partial charge is 0.165 e. The first-order valence-electron chi connectivity index (χ1n) is 10.3. The summed E-state index contributed by atoms with van der Waals surface area (Å²) in [4.78, 5) is 19.0. The van der Waals surface area contributed by atoms with Crippen molar-refractivity contribution in [1.29, 1.82) is 0 Å². The van der Waals surface area contributed by atoms with Crippen molar-refractivity contribution in [2.24, 2.45) is 13.0 Å². The Labute approximate surface area is 166 Å². The largest absolute Gasteiger partial charge is 0.390 e. The number of imidazole rings is 1. The molecule has 0 amide bonds. The standard InChI is InChI=1S/C20H32N6O2/c1-14-21-18-17(19(22-14)26-9-11-28-12-10-26)23-16(24(18)4)13-25-7-5-15(6-8-25)20(2,3)27/h15,27H,5-13H2,1-4H3. The van der Waals surface area contributed by atoms with Gasteiger partial charge in [0.05, 0.1) is 25.4 Å². The van der Waals surface area contributed by atoms with Crippen LogP contribution in [0.5, 0.6) is 0 Å². The molecule has 1 N–H and O–H groups in total. The van der Waals surface area contributed by atoms with Gasteiger partial charge in [-0.15, -0.1) is 0 Å². The summed E-state index contributed by atoms with van der Waals surface area (Å²) in [6.45, 7) is 11.7. The van der Waals surface area contributed by atoms with Gasteiger partial charge in [-0.25, -0.2) is 15.0 Å². The summed E-state index contributed by atoms with van der Waals surface area (Å²) in [5.74, 6) is 3.08. The van der Waals surface area contributed by atoms with Gasteiger partial charge in [0.15, 0.2) is 17.0 Å². The van der Waals surface area contributed by atoms with Crippen molar-refractivity contribution in [3.8, 4) is 0 Å². The van der Waals surface area contributed by atoms with Gasteiger partial charge < -0.3 is 19.3 Å². The molecule has 4 heterocycles. The number of hydrogen-bond acceptors (Lipinski definition) is 7. The van der Waals surface area contributed by atoms with Gasteiger partial charge in [0.1, 0.15) is 11.6 Å². The maximum Gasteiger partial charge on any atom is 0.165 e. The topological polar surface area (TPSA) is 79.5 Å². The molecule has 2 fully saturated rings. The van der Waals surface area contributed by atoms with Crippen LogP contribution in [0.3, 0.4) is 0 Å². The predicted molar refractivity (Wildman–Crippen MR) is 108 cm³/mol. The van der Waals surface area contributed by atoms with Crippen LogP contribution in [0.2, 0.25) is 0 Å². The number of aromatic nitrogens is 4. The van der Waals surface area contributed by atoms with E-state index in [0.29, 0.717) is 5.92 Å². The van der Waals surface area contributed by atoms with E-state index in [0.717, 1.165) is 87.4 Å². The second kappa shape index (κ2) is 7.57.